The predicted octanol–water partition coefficient (Wildman–Crippen LogP) is 2.35. The Morgan fingerprint density at radius 1 is 1.15 bits per heavy atom. The first-order valence-corrected chi connectivity index (χ1v) is 4.12. The van der Waals surface area contributed by atoms with Crippen LogP contribution in [0.25, 0.3) is 11.3 Å². The molecule has 2 aromatic heterocycles. The lowest BCUT2D eigenvalue weighted by Crippen LogP contribution is -1.80. The lowest BCUT2D eigenvalue weighted by molar-refractivity contribution is 0.427. The number of hydrogen-bond acceptors (Lipinski definition) is 3. The van der Waals surface area contributed by atoms with Gasteiger partial charge in [0.2, 0.25) is 0 Å². The van der Waals surface area contributed by atoms with Gasteiger partial charge in [0, 0.05) is 23.5 Å². The zero-order valence-electron chi connectivity index (χ0n) is 7.61. The van der Waals surface area contributed by atoms with Crippen LogP contribution < -0.4 is 0 Å². The van der Waals surface area contributed by atoms with Crippen molar-refractivity contribution in [2.24, 2.45) is 0 Å². The van der Waals surface area contributed by atoms with Gasteiger partial charge in [-0.25, -0.2) is 0 Å². The van der Waals surface area contributed by atoms with E-state index >= 15 is 0 Å². The van der Waals surface area contributed by atoms with Crippen molar-refractivity contribution < 1.29 is 4.52 Å². The minimum absolute atomic E-state index is 0.769. The maximum atomic E-state index is 5.10. The fourth-order valence-electron chi connectivity index (χ4n) is 1.11. The van der Waals surface area contributed by atoms with Crippen molar-refractivity contribution in [1.29, 1.82) is 0 Å². The summed E-state index contributed by atoms with van der Waals surface area (Å²) in [7, 11) is 0. The highest BCUT2D eigenvalue weighted by atomic mass is 16.5. The highest BCUT2D eigenvalue weighted by Crippen LogP contribution is 2.18. The van der Waals surface area contributed by atoms with Crippen LogP contribution in [0.5, 0.6) is 0 Å². The zero-order chi connectivity index (χ0) is 9.26. The van der Waals surface area contributed by atoms with Crippen molar-refractivity contribution >= 4 is 0 Å². The molecule has 0 fully saturated rings. The Labute approximate surface area is 76.4 Å². The van der Waals surface area contributed by atoms with E-state index < -0.39 is 0 Å². The minimum Gasteiger partial charge on any atom is -0.356 e. The van der Waals surface area contributed by atoms with Crippen molar-refractivity contribution in [3.8, 4) is 11.3 Å². The van der Waals surface area contributed by atoms with Crippen LogP contribution in [-0.2, 0) is 0 Å². The monoisotopic (exact) mass is 174 g/mol. The number of pyridine rings is 1. The van der Waals surface area contributed by atoms with Crippen LogP contribution in [0, 0.1) is 13.8 Å². The molecular weight excluding hydrogens is 164 g/mol. The largest absolute Gasteiger partial charge is 0.356 e. The lowest BCUT2D eigenvalue weighted by Gasteiger charge is -1.94. The molecule has 2 aromatic rings. The smallest absolute Gasteiger partial charge is 0.168 e. The van der Waals surface area contributed by atoms with E-state index in [0.717, 1.165) is 22.7 Å². The van der Waals surface area contributed by atoms with Crippen LogP contribution in [-0.4, -0.2) is 10.1 Å². The fourth-order valence-corrected chi connectivity index (χ4v) is 1.11. The average Bonchev–Trinajstić information content (AvgIpc) is 2.53. The summed E-state index contributed by atoms with van der Waals surface area (Å²) in [5.41, 5.74) is 2.85. The van der Waals surface area contributed by atoms with Crippen LogP contribution in [0.3, 0.4) is 0 Å². The van der Waals surface area contributed by atoms with Gasteiger partial charge in [-0.1, -0.05) is 5.16 Å². The Hall–Kier alpha value is -1.64. The highest BCUT2D eigenvalue weighted by Gasteiger charge is 2.03. The number of aromatic nitrogens is 2. The van der Waals surface area contributed by atoms with Gasteiger partial charge in [-0.2, -0.15) is 0 Å². The van der Waals surface area contributed by atoms with Crippen LogP contribution >= 0.6 is 0 Å². The van der Waals surface area contributed by atoms with Gasteiger partial charge in [-0.05, 0) is 26.0 Å². The quantitative estimate of drug-likeness (QED) is 0.666. The summed E-state index contributed by atoms with van der Waals surface area (Å²) in [4.78, 5) is 4.18. The summed E-state index contributed by atoms with van der Waals surface area (Å²) in [5, 5.41) is 3.81. The molecule has 0 aliphatic rings. The highest BCUT2D eigenvalue weighted by molar-refractivity contribution is 5.55. The van der Waals surface area contributed by atoms with Gasteiger partial charge in [-0.3, -0.25) is 4.98 Å². The Balaban J connectivity index is 2.41. The number of nitrogens with zero attached hydrogens (tertiary/aromatic N) is 2. The van der Waals surface area contributed by atoms with Crippen molar-refractivity contribution in [3.63, 3.8) is 0 Å². The fraction of sp³-hybridized carbons (Fsp3) is 0.200. The van der Waals surface area contributed by atoms with E-state index in [0.29, 0.717) is 0 Å². The van der Waals surface area contributed by atoms with Crippen LogP contribution in [0.15, 0.2) is 28.9 Å². The van der Waals surface area contributed by atoms with Crippen molar-refractivity contribution in [1.82, 2.24) is 10.1 Å². The molecule has 0 radical (unpaired) electrons. The maximum absolute atomic E-state index is 5.10. The Morgan fingerprint density at radius 3 is 2.54 bits per heavy atom. The van der Waals surface area contributed by atoms with Crippen molar-refractivity contribution in [2.75, 3.05) is 0 Å². The van der Waals surface area contributed by atoms with E-state index in [1.165, 1.54) is 0 Å². The molecule has 0 saturated carbocycles. The molecule has 2 heterocycles. The molecule has 0 atom stereocenters. The number of hydrogen-bond donors (Lipinski definition) is 0. The molecule has 0 aliphatic carbocycles. The van der Waals surface area contributed by atoms with Gasteiger partial charge in [-0.15, -0.1) is 0 Å². The molecule has 0 spiro atoms. The summed E-state index contributed by atoms with van der Waals surface area (Å²) in [5.74, 6) is 0.769. The lowest BCUT2D eigenvalue weighted by atomic mass is 10.2. The molecule has 0 aliphatic heterocycles. The van der Waals surface area contributed by atoms with Gasteiger partial charge in [0.25, 0.3) is 0 Å². The van der Waals surface area contributed by atoms with Gasteiger partial charge in [0.15, 0.2) is 5.76 Å². The second-order valence-electron chi connectivity index (χ2n) is 3.02. The third-order valence-electron chi connectivity index (χ3n) is 1.82. The Morgan fingerprint density at radius 2 is 2.00 bits per heavy atom. The summed E-state index contributed by atoms with van der Waals surface area (Å²) >= 11 is 0. The Kier molecular flexibility index (Phi) is 1.85. The molecule has 0 saturated heterocycles. The first-order valence-electron chi connectivity index (χ1n) is 4.12. The first-order chi connectivity index (χ1) is 6.25. The summed E-state index contributed by atoms with van der Waals surface area (Å²) in [6, 6.07) is 5.82. The second kappa shape index (κ2) is 3.01. The predicted molar refractivity (Wildman–Crippen MR) is 49.2 cm³/mol. The van der Waals surface area contributed by atoms with Crippen LogP contribution in [0.4, 0.5) is 0 Å². The van der Waals surface area contributed by atoms with E-state index in [2.05, 4.69) is 10.1 Å². The Bertz CT molecular complexity index is 403. The molecule has 66 valence electrons. The third-order valence-corrected chi connectivity index (χ3v) is 1.82. The minimum atomic E-state index is 0.769. The van der Waals surface area contributed by atoms with E-state index in [9.17, 15) is 0 Å². The average molecular weight is 174 g/mol. The van der Waals surface area contributed by atoms with E-state index in [-0.39, 0.29) is 0 Å². The molecule has 3 heteroatoms. The van der Waals surface area contributed by atoms with Gasteiger partial charge in [0.1, 0.15) is 0 Å². The molecule has 3 nitrogen and oxygen atoms in total. The normalized spacial score (nSPS) is 10.3. The topological polar surface area (TPSA) is 38.9 Å². The summed E-state index contributed by atoms with van der Waals surface area (Å²) in [6.07, 6.45) is 1.79. The van der Waals surface area contributed by atoms with Crippen molar-refractivity contribution in [2.45, 2.75) is 13.8 Å². The van der Waals surface area contributed by atoms with Gasteiger partial charge < -0.3 is 4.52 Å². The maximum Gasteiger partial charge on any atom is 0.168 e. The molecule has 0 bridgehead atoms. The molecule has 0 unspecified atom stereocenters. The summed E-state index contributed by atoms with van der Waals surface area (Å²) in [6.45, 7) is 3.85. The van der Waals surface area contributed by atoms with E-state index in [4.69, 9.17) is 4.52 Å². The molecule has 0 amide bonds. The molecular formula is C10H10N2O. The molecule has 2 rings (SSSR count). The number of rotatable bonds is 1. The summed E-state index contributed by atoms with van der Waals surface area (Å²) < 4.78 is 5.10. The van der Waals surface area contributed by atoms with Crippen LogP contribution in [0.2, 0.25) is 0 Å². The standard InChI is InChI=1S/C10H10N2O/c1-7-3-4-9(6-11-7)10-5-8(2)12-13-10/h3-6H,1-2H3. The first kappa shape index (κ1) is 7.98. The van der Waals surface area contributed by atoms with Crippen LogP contribution in [0.1, 0.15) is 11.4 Å². The number of aryl methyl sites for hydroxylation is 2. The molecule has 0 aromatic carbocycles. The third kappa shape index (κ3) is 1.59. The SMILES string of the molecule is Cc1ccc(-c2cc(C)no2)cn1. The van der Waals surface area contributed by atoms with Crippen molar-refractivity contribution in [3.05, 3.63) is 35.8 Å². The molecule has 0 N–H and O–H groups in total. The molecule has 13 heavy (non-hydrogen) atoms. The van der Waals surface area contributed by atoms with E-state index in [1.54, 1.807) is 6.20 Å². The van der Waals surface area contributed by atoms with Gasteiger partial charge >= 0.3 is 0 Å². The van der Waals surface area contributed by atoms with Gasteiger partial charge in [0.05, 0.1) is 5.69 Å². The van der Waals surface area contributed by atoms with E-state index in [1.807, 2.05) is 32.0 Å². The second-order valence-corrected chi connectivity index (χ2v) is 3.02. The zero-order valence-corrected chi connectivity index (χ0v) is 7.61.